The number of fused-ring (bicyclic) bond motifs is 1. The van der Waals surface area contributed by atoms with Crippen molar-refractivity contribution in [3.63, 3.8) is 0 Å². The molecule has 166 valence electrons. The minimum Gasteiger partial charge on any atom is -0.496 e. The number of carbonyl (C=O) groups is 1. The largest absolute Gasteiger partial charge is 0.496 e. The summed E-state index contributed by atoms with van der Waals surface area (Å²) in [6, 6.07) is 9.47. The van der Waals surface area contributed by atoms with E-state index in [1.165, 1.54) is 24.1 Å². The van der Waals surface area contributed by atoms with Gasteiger partial charge in [0, 0.05) is 19.5 Å². The van der Waals surface area contributed by atoms with E-state index >= 15 is 0 Å². The third kappa shape index (κ3) is 3.43. The summed E-state index contributed by atoms with van der Waals surface area (Å²) in [6.45, 7) is 0.984. The number of likely N-dealkylation sites (tertiary alicyclic amines) is 1. The Morgan fingerprint density at radius 2 is 2.22 bits per heavy atom. The third-order valence-corrected chi connectivity index (χ3v) is 6.31. The number of amides is 1. The SMILES string of the molecule is COc1cccc2c(=O)[nH]nc(Cc3ccc(F)c(C(=O)N4CCC5(CO5)C(O)C4)c3)c12. The number of piperidine rings is 1. The Labute approximate surface area is 182 Å². The molecular weight excluding hydrogens is 417 g/mol. The zero-order valence-electron chi connectivity index (χ0n) is 17.4. The van der Waals surface area contributed by atoms with E-state index in [2.05, 4.69) is 10.2 Å². The van der Waals surface area contributed by atoms with Crippen LogP contribution in [0.2, 0.25) is 0 Å². The van der Waals surface area contributed by atoms with Crippen molar-refractivity contribution in [1.82, 2.24) is 15.1 Å². The molecule has 0 radical (unpaired) electrons. The molecule has 2 aromatic carbocycles. The molecular formula is C23H22FN3O5. The summed E-state index contributed by atoms with van der Waals surface area (Å²) in [4.78, 5) is 26.7. The molecule has 9 heteroatoms. The highest BCUT2D eigenvalue weighted by atomic mass is 19.1. The van der Waals surface area contributed by atoms with Gasteiger partial charge in [-0.25, -0.2) is 9.49 Å². The fraction of sp³-hybridized carbons (Fsp3) is 0.348. The number of carbonyl (C=O) groups excluding carboxylic acids is 1. The first-order valence-corrected chi connectivity index (χ1v) is 10.4. The van der Waals surface area contributed by atoms with E-state index in [0.717, 1.165) is 0 Å². The molecule has 0 saturated carbocycles. The Bertz CT molecular complexity index is 1270. The summed E-state index contributed by atoms with van der Waals surface area (Å²) >= 11 is 0. The molecule has 1 spiro atoms. The van der Waals surface area contributed by atoms with Gasteiger partial charge in [0.05, 0.1) is 35.7 Å². The number of nitrogens with zero attached hydrogens (tertiary/aromatic N) is 2. The van der Waals surface area contributed by atoms with Gasteiger partial charge in [0.15, 0.2) is 0 Å². The molecule has 0 bridgehead atoms. The maximum absolute atomic E-state index is 14.6. The maximum Gasteiger partial charge on any atom is 0.272 e. The Kier molecular flexibility index (Phi) is 4.94. The third-order valence-electron chi connectivity index (χ3n) is 6.31. The van der Waals surface area contributed by atoms with Gasteiger partial charge in [0.2, 0.25) is 0 Å². The second-order valence-corrected chi connectivity index (χ2v) is 8.24. The predicted octanol–water partition coefficient (Wildman–Crippen LogP) is 1.64. The summed E-state index contributed by atoms with van der Waals surface area (Å²) in [5.74, 6) is -0.600. The van der Waals surface area contributed by atoms with Crippen molar-refractivity contribution < 1.29 is 23.8 Å². The van der Waals surface area contributed by atoms with Crippen molar-refractivity contribution in [1.29, 1.82) is 0 Å². The Morgan fingerprint density at radius 3 is 2.94 bits per heavy atom. The van der Waals surface area contributed by atoms with Crippen molar-refractivity contribution in [2.75, 3.05) is 26.8 Å². The number of β-amino-alcohol motifs (C(OH)–C–C–N with tert-alkyl or cyclic N) is 1. The van der Waals surface area contributed by atoms with E-state index in [4.69, 9.17) is 9.47 Å². The Balaban J connectivity index is 1.46. The van der Waals surface area contributed by atoms with Gasteiger partial charge in [-0.1, -0.05) is 12.1 Å². The van der Waals surface area contributed by atoms with Crippen LogP contribution in [0.4, 0.5) is 4.39 Å². The molecule has 2 fully saturated rings. The highest BCUT2D eigenvalue weighted by Gasteiger charge is 2.54. The molecule has 2 saturated heterocycles. The zero-order valence-corrected chi connectivity index (χ0v) is 17.4. The molecule has 2 aliphatic rings. The summed E-state index contributed by atoms with van der Waals surface area (Å²) in [5.41, 5.74) is 0.263. The number of methoxy groups -OCH3 is 1. The van der Waals surface area contributed by atoms with Crippen molar-refractivity contribution >= 4 is 16.7 Å². The van der Waals surface area contributed by atoms with E-state index in [9.17, 15) is 19.1 Å². The number of halogens is 1. The number of benzene rings is 2. The van der Waals surface area contributed by atoms with Crippen LogP contribution in [-0.4, -0.2) is 64.6 Å². The van der Waals surface area contributed by atoms with Crippen LogP contribution in [0.5, 0.6) is 5.75 Å². The fourth-order valence-corrected chi connectivity index (χ4v) is 4.33. The minimum atomic E-state index is -0.782. The predicted molar refractivity (Wildman–Crippen MR) is 113 cm³/mol. The zero-order chi connectivity index (χ0) is 22.5. The van der Waals surface area contributed by atoms with Crippen LogP contribution in [0, 0.1) is 5.82 Å². The van der Waals surface area contributed by atoms with Crippen LogP contribution in [0.3, 0.4) is 0 Å². The molecule has 2 aliphatic heterocycles. The number of H-pyrrole nitrogens is 1. The second kappa shape index (κ2) is 7.68. The van der Waals surface area contributed by atoms with Crippen molar-refractivity contribution in [3.05, 3.63) is 69.4 Å². The average Bonchev–Trinajstić information content (AvgIpc) is 3.59. The lowest BCUT2D eigenvalue weighted by Gasteiger charge is -2.34. The Morgan fingerprint density at radius 1 is 1.41 bits per heavy atom. The van der Waals surface area contributed by atoms with Gasteiger partial charge < -0.3 is 19.5 Å². The Hall–Kier alpha value is -3.30. The van der Waals surface area contributed by atoms with Crippen LogP contribution in [0.1, 0.15) is 28.0 Å². The summed E-state index contributed by atoms with van der Waals surface area (Å²) in [5, 5.41) is 18.0. The van der Waals surface area contributed by atoms with Gasteiger partial charge >= 0.3 is 0 Å². The summed E-state index contributed by atoms with van der Waals surface area (Å²) < 4.78 is 25.3. The number of rotatable bonds is 4. The second-order valence-electron chi connectivity index (χ2n) is 8.24. The number of hydrogen-bond donors (Lipinski definition) is 2. The quantitative estimate of drug-likeness (QED) is 0.599. The normalized spacial score (nSPS) is 22.3. The lowest BCUT2D eigenvalue weighted by atomic mass is 9.94. The number of aliphatic hydroxyl groups is 1. The molecule has 2 N–H and O–H groups in total. The first-order chi connectivity index (χ1) is 15.4. The van der Waals surface area contributed by atoms with E-state index in [1.54, 1.807) is 24.3 Å². The number of hydrogen-bond acceptors (Lipinski definition) is 6. The van der Waals surface area contributed by atoms with Crippen LogP contribution in [-0.2, 0) is 11.2 Å². The van der Waals surface area contributed by atoms with Crippen molar-refractivity contribution in [2.24, 2.45) is 0 Å². The summed E-state index contributed by atoms with van der Waals surface area (Å²) in [7, 11) is 1.51. The van der Waals surface area contributed by atoms with E-state index in [1.807, 2.05) is 0 Å². The number of aromatic amines is 1. The lowest BCUT2D eigenvalue weighted by Crippen LogP contribution is -2.51. The molecule has 5 rings (SSSR count). The van der Waals surface area contributed by atoms with Crippen molar-refractivity contribution in [3.8, 4) is 5.75 Å². The molecule has 3 aromatic rings. The first-order valence-electron chi connectivity index (χ1n) is 10.4. The van der Waals surface area contributed by atoms with Crippen LogP contribution in [0.15, 0.2) is 41.2 Å². The van der Waals surface area contributed by atoms with Crippen LogP contribution >= 0.6 is 0 Å². The molecule has 32 heavy (non-hydrogen) atoms. The van der Waals surface area contributed by atoms with Crippen LogP contribution < -0.4 is 10.3 Å². The first kappa shape index (κ1) is 20.6. The molecule has 3 heterocycles. The van der Waals surface area contributed by atoms with Gasteiger partial charge in [0.1, 0.15) is 23.3 Å². The average molecular weight is 439 g/mol. The van der Waals surface area contributed by atoms with Gasteiger partial charge in [0.25, 0.3) is 11.5 Å². The van der Waals surface area contributed by atoms with Gasteiger partial charge in [-0.05, 0) is 36.2 Å². The lowest BCUT2D eigenvalue weighted by molar-refractivity contribution is 0.00326. The molecule has 8 nitrogen and oxygen atoms in total. The number of nitrogens with one attached hydrogen (secondary N) is 1. The fourth-order valence-electron chi connectivity index (χ4n) is 4.33. The molecule has 2 atom stereocenters. The number of aromatic nitrogens is 2. The smallest absolute Gasteiger partial charge is 0.272 e. The highest BCUT2D eigenvalue weighted by Crippen LogP contribution is 2.38. The van der Waals surface area contributed by atoms with E-state index in [0.29, 0.717) is 47.4 Å². The topological polar surface area (TPSA) is 108 Å². The molecule has 2 unspecified atom stereocenters. The number of ether oxygens (including phenoxy) is 2. The van der Waals surface area contributed by atoms with Gasteiger partial charge in [-0.2, -0.15) is 5.10 Å². The highest BCUT2D eigenvalue weighted by molar-refractivity contribution is 5.95. The van der Waals surface area contributed by atoms with Crippen molar-refractivity contribution in [2.45, 2.75) is 24.5 Å². The molecule has 1 amide bonds. The van der Waals surface area contributed by atoms with E-state index < -0.39 is 23.4 Å². The maximum atomic E-state index is 14.6. The standard InChI is InChI=1S/C23H22FN3O5/c1-31-18-4-2-3-14-20(18)17(25-26-21(14)29)10-13-5-6-16(24)15(9-13)22(30)27-8-7-23(12-32-23)19(28)11-27/h2-6,9,19,28H,7-8,10-12H2,1H3,(H,26,29). The monoisotopic (exact) mass is 439 g/mol. The number of aliphatic hydroxyl groups excluding tert-OH is 1. The molecule has 1 aromatic heterocycles. The number of epoxide rings is 1. The van der Waals surface area contributed by atoms with Gasteiger partial charge in [-0.3, -0.25) is 9.59 Å². The molecule has 0 aliphatic carbocycles. The van der Waals surface area contributed by atoms with Gasteiger partial charge in [-0.15, -0.1) is 0 Å². The summed E-state index contributed by atoms with van der Waals surface area (Å²) in [6.07, 6.45) is -0.00199. The van der Waals surface area contributed by atoms with Crippen LogP contribution in [0.25, 0.3) is 10.8 Å². The van der Waals surface area contributed by atoms with E-state index in [-0.39, 0.29) is 24.1 Å². The minimum absolute atomic E-state index is 0.0666.